The van der Waals surface area contributed by atoms with Gasteiger partial charge in [0.1, 0.15) is 0 Å². The van der Waals surface area contributed by atoms with Crippen molar-refractivity contribution in [3.05, 3.63) is 0 Å². The van der Waals surface area contributed by atoms with Crippen molar-refractivity contribution in [2.24, 2.45) is 11.3 Å². The Balaban J connectivity index is 1.89. The van der Waals surface area contributed by atoms with Crippen molar-refractivity contribution in [3.8, 4) is 0 Å². The first-order valence-corrected chi connectivity index (χ1v) is 7.39. The molecule has 2 saturated heterocycles. The second-order valence-corrected chi connectivity index (χ2v) is 7.23. The summed E-state index contributed by atoms with van der Waals surface area (Å²) in [5, 5.41) is 0. The van der Waals surface area contributed by atoms with Crippen LogP contribution in [0.1, 0.15) is 46.5 Å². The first kappa shape index (κ1) is 13.4. The topological polar surface area (TPSA) is 6.48 Å². The van der Waals surface area contributed by atoms with Crippen LogP contribution in [-0.2, 0) is 0 Å². The molecule has 100 valence electrons. The first-order valence-electron chi connectivity index (χ1n) is 7.39. The lowest BCUT2D eigenvalue weighted by Gasteiger charge is -2.45. The Morgan fingerprint density at radius 2 is 1.59 bits per heavy atom. The molecule has 0 N–H and O–H groups in total. The third-order valence-electron chi connectivity index (χ3n) is 4.88. The van der Waals surface area contributed by atoms with Gasteiger partial charge in [0.2, 0.25) is 0 Å². The zero-order valence-corrected chi connectivity index (χ0v) is 12.2. The quantitative estimate of drug-likeness (QED) is 0.693. The van der Waals surface area contributed by atoms with E-state index < -0.39 is 0 Å². The molecule has 17 heavy (non-hydrogen) atoms. The lowest BCUT2D eigenvalue weighted by molar-refractivity contribution is 0.0437. The molecule has 0 bridgehead atoms. The molecule has 0 saturated carbocycles. The van der Waals surface area contributed by atoms with E-state index in [0.717, 1.165) is 12.0 Å². The number of hydrogen-bond donors (Lipinski definition) is 0. The summed E-state index contributed by atoms with van der Waals surface area (Å²) in [5.41, 5.74) is 0.490. The fourth-order valence-corrected chi connectivity index (χ4v) is 3.41. The fourth-order valence-electron chi connectivity index (χ4n) is 3.41. The Bertz CT molecular complexity index is 236. The molecular formula is C15H30N2. The zero-order valence-electron chi connectivity index (χ0n) is 12.2. The third kappa shape index (κ3) is 3.45. The molecule has 2 aliphatic rings. The highest BCUT2D eigenvalue weighted by Gasteiger charge is 2.33. The molecule has 2 heterocycles. The van der Waals surface area contributed by atoms with Crippen molar-refractivity contribution in [1.82, 2.24) is 9.80 Å². The number of rotatable bonds is 1. The molecule has 0 aromatic rings. The van der Waals surface area contributed by atoms with Gasteiger partial charge < -0.3 is 4.90 Å². The number of nitrogens with zero attached hydrogens (tertiary/aromatic N) is 2. The lowest BCUT2D eigenvalue weighted by atomic mass is 9.76. The van der Waals surface area contributed by atoms with E-state index in [2.05, 4.69) is 37.6 Å². The van der Waals surface area contributed by atoms with Crippen molar-refractivity contribution in [2.45, 2.75) is 52.5 Å². The normalized spacial score (nSPS) is 30.7. The summed E-state index contributed by atoms with van der Waals surface area (Å²) in [4.78, 5) is 5.27. The monoisotopic (exact) mass is 238 g/mol. The minimum Gasteiger partial charge on any atom is -0.306 e. The van der Waals surface area contributed by atoms with E-state index in [0.29, 0.717) is 5.41 Å². The summed E-state index contributed by atoms with van der Waals surface area (Å²) in [5.74, 6) is 0.899. The Hall–Kier alpha value is -0.0800. The second-order valence-electron chi connectivity index (χ2n) is 7.23. The van der Waals surface area contributed by atoms with Gasteiger partial charge >= 0.3 is 0 Å². The van der Waals surface area contributed by atoms with E-state index in [1.54, 1.807) is 0 Å². The predicted molar refractivity (Wildman–Crippen MR) is 74.3 cm³/mol. The maximum Gasteiger partial charge on any atom is 0.0120 e. The lowest BCUT2D eigenvalue weighted by Crippen LogP contribution is -2.49. The molecule has 1 unspecified atom stereocenters. The Kier molecular flexibility index (Phi) is 4.14. The van der Waals surface area contributed by atoms with Crippen LogP contribution in [0.25, 0.3) is 0 Å². The van der Waals surface area contributed by atoms with Gasteiger partial charge in [-0.2, -0.15) is 0 Å². The number of hydrogen-bond acceptors (Lipinski definition) is 2. The molecule has 2 fully saturated rings. The molecule has 2 rings (SSSR count). The van der Waals surface area contributed by atoms with E-state index in [4.69, 9.17) is 0 Å². The van der Waals surface area contributed by atoms with Gasteiger partial charge in [-0.1, -0.05) is 20.8 Å². The van der Waals surface area contributed by atoms with Crippen LogP contribution in [-0.4, -0.2) is 49.1 Å². The van der Waals surface area contributed by atoms with Gasteiger partial charge in [0.15, 0.2) is 0 Å². The van der Waals surface area contributed by atoms with Crippen LogP contribution in [0, 0.1) is 11.3 Å². The third-order valence-corrected chi connectivity index (χ3v) is 4.88. The summed E-state index contributed by atoms with van der Waals surface area (Å²) in [7, 11) is 2.25. The summed E-state index contributed by atoms with van der Waals surface area (Å²) in [6, 6.07) is 0.872. The highest BCUT2D eigenvalue weighted by molar-refractivity contribution is 4.86. The van der Waals surface area contributed by atoms with Crippen LogP contribution in [0.2, 0.25) is 0 Å². The van der Waals surface area contributed by atoms with Crippen molar-refractivity contribution in [1.29, 1.82) is 0 Å². The van der Waals surface area contributed by atoms with Crippen LogP contribution in [0.4, 0.5) is 0 Å². The zero-order chi connectivity index (χ0) is 12.5. The first-order chi connectivity index (χ1) is 7.97. The molecule has 0 radical (unpaired) electrons. The molecule has 2 aliphatic heterocycles. The SMILES string of the molecule is CN1CCC(N2CCCC(C(C)(C)C)C2)CC1. The van der Waals surface area contributed by atoms with Gasteiger partial charge in [0, 0.05) is 12.6 Å². The van der Waals surface area contributed by atoms with Crippen molar-refractivity contribution < 1.29 is 0 Å². The smallest absolute Gasteiger partial charge is 0.0120 e. The van der Waals surface area contributed by atoms with E-state index >= 15 is 0 Å². The fraction of sp³-hybridized carbons (Fsp3) is 1.00. The highest BCUT2D eigenvalue weighted by atomic mass is 15.2. The molecule has 2 nitrogen and oxygen atoms in total. The Labute approximate surface area is 107 Å². The van der Waals surface area contributed by atoms with E-state index in [1.165, 1.54) is 51.9 Å². The van der Waals surface area contributed by atoms with Crippen LogP contribution in [0.3, 0.4) is 0 Å². The van der Waals surface area contributed by atoms with Gasteiger partial charge in [0.25, 0.3) is 0 Å². The average molecular weight is 238 g/mol. The van der Waals surface area contributed by atoms with Crippen molar-refractivity contribution in [3.63, 3.8) is 0 Å². The molecular weight excluding hydrogens is 208 g/mol. The highest BCUT2D eigenvalue weighted by Crippen LogP contribution is 2.34. The Morgan fingerprint density at radius 1 is 0.941 bits per heavy atom. The second kappa shape index (κ2) is 5.27. The minimum absolute atomic E-state index is 0.490. The van der Waals surface area contributed by atoms with Crippen LogP contribution in [0.5, 0.6) is 0 Å². The van der Waals surface area contributed by atoms with Gasteiger partial charge in [0.05, 0.1) is 0 Å². The Morgan fingerprint density at radius 3 is 2.18 bits per heavy atom. The van der Waals surface area contributed by atoms with Gasteiger partial charge in [-0.3, -0.25) is 4.90 Å². The van der Waals surface area contributed by atoms with Crippen LogP contribution in [0.15, 0.2) is 0 Å². The molecule has 0 spiro atoms. The predicted octanol–water partition coefficient (Wildman–Crippen LogP) is 2.84. The molecule has 0 aromatic carbocycles. The van der Waals surface area contributed by atoms with E-state index in [-0.39, 0.29) is 0 Å². The summed E-state index contributed by atoms with van der Waals surface area (Å²) < 4.78 is 0. The maximum absolute atomic E-state index is 2.80. The molecule has 0 aromatic heterocycles. The largest absolute Gasteiger partial charge is 0.306 e. The van der Waals surface area contributed by atoms with E-state index in [1.807, 2.05) is 0 Å². The van der Waals surface area contributed by atoms with Crippen LogP contribution >= 0.6 is 0 Å². The molecule has 2 heteroatoms. The van der Waals surface area contributed by atoms with Gasteiger partial charge in [-0.05, 0) is 63.7 Å². The van der Waals surface area contributed by atoms with Crippen LogP contribution < -0.4 is 0 Å². The molecule has 1 atom stereocenters. The number of piperidine rings is 2. The number of likely N-dealkylation sites (tertiary alicyclic amines) is 2. The maximum atomic E-state index is 2.80. The summed E-state index contributed by atoms with van der Waals surface area (Å²) in [6.45, 7) is 12.5. The van der Waals surface area contributed by atoms with E-state index in [9.17, 15) is 0 Å². The molecule has 0 amide bonds. The summed E-state index contributed by atoms with van der Waals surface area (Å²) in [6.07, 6.45) is 5.61. The summed E-state index contributed by atoms with van der Waals surface area (Å²) >= 11 is 0. The van der Waals surface area contributed by atoms with Gasteiger partial charge in [-0.25, -0.2) is 0 Å². The molecule has 0 aliphatic carbocycles. The standard InChI is InChI=1S/C15H30N2/c1-15(2,3)13-6-5-9-17(12-13)14-7-10-16(4)11-8-14/h13-14H,5-12H2,1-4H3. The van der Waals surface area contributed by atoms with Gasteiger partial charge in [-0.15, -0.1) is 0 Å². The minimum atomic E-state index is 0.490. The van der Waals surface area contributed by atoms with Crippen molar-refractivity contribution in [2.75, 3.05) is 33.2 Å². The van der Waals surface area contributed by atoms with Crippen molar-refractivity contribution >= 4 is 0 Å². The average Bonchev–Trinajstić information content (AvgIpc) is 2.29.